The van der Waals surface area contributed by atoms with E-state index in [1.165, 1.54) is 27.9 Å². The first-order valence-corrected chi connectivity index (χ1v) is 14.9. The summed E-state index contributed by atoms with van der Waals surface area (Å²) in [6.45, 7) is 28.2. The van der Waals surface area contributed by atoms with E-state index in [0.29, 0.717) is 16.6 Å². The second-order valence-corrected chi connectivity index (χ2v) is 15.8. The van der Waals surface area contributed by atoms with Crippen LogP contribution in [0.3, 0.4) is 0 Å². The van der Waals surface area contributed by atoms with Crippen LogP contribution in [0.2, 0.25) is 16.6 Å². The molecule has 1 aliphatic rings. The van der Waals surface area contributed by atoms with Crippen molar-refractivity contribution < 1.29 is 31.3 Å². The Morgan fingerprint density at radius 1 is 0.641 bits per heavy atom. The minimum absolute atomic E-state index is 0. The summed E-state index contributed by atoms with van der Waals surface area (Å²) in [4.78, 5) is 0. The predicted octanol–water partition coefficient (Wildman–Crippen LogP) is 8.29. The number of hydrogen-bond donors (Lipinski definition) is 0. The second-order valence-electron chi connectivity index (χ2n) is 10.1. The van der Waals surface area contributed by atoms with Crippen LogP contribution in [0.1, 0.15) is 58.6 Å². The van der Waals surface area contributed by atoms with Crippen LogP contribution in [-0.2, 0) is 31.3 Å². The molecule has 2 aromatic carbocycles. The molecule has 6 radical (unpaired) electrons. The summed E-state index contributed by atoms with van der Waals surface area (Å²) < 4.78 is 25.2. The summed E-state index contributed by atoms with van der Waals surface area (Å²) in [6, 6.07) is 20.3. The third-order valence-corrected chi connectivity index (χ3v) is 14.3. The van der Waals surface area contributed by atoms with E-state index >= 15 is 0 Å². The van der Waals surface area contributed by atoms with Gasteiger partial charge in [-0.3, -0.25) is 0 Å². The van der Waals surface area contributed by atoms with Crippen LogP contribution in [0.25, 0.3) is 10.9 Å². The molecule has 0 aliphatic heterocycles. The maximum atomic E-state index is 7.50. The molecule has 1 aromatic heterocycles. The molecule has 1 saturated carbocycles. The Balaban J connectivity index is 0.00000193. The molecule has 0 amide bonds. The van der Waals surface area contributed by atoms with Crippen molar-refractivity contribution in [2.45, 2.75) is 64.1 Å². The summed E-state index contributed by atoms with van der Waals surface area (Å²) in [7, 11) is -1.82. The molecule has 0 saturated heterocycles. The Morgan fingerprint density at radius 2 is 1.15 bits per heavy atom. The zero-order valence-electron chi connectivity index (χ0n) is 23.5. The van der Waals surface area contributed by atoms with E-state index in [2.05, 4.69) is 159 Å². The number of nitrogens with zero attached hydrogens (tertiary/aromatic N) is 1. The summed E-state index contributed by atoms with van der Waals surface area (Å²) in [5.41, 5.74) is 6.15. The molecule has 0 bridgehead atoms. The smallest absolute Gasteiger partial charge is 0 e. The SMILES string of the molecule is CC(C)[Si](C(C)C)(C(C)C)n1ccc2c(C([C]3[CH][CH][CH][CH][CH]3)c3ccccc3)cccc21.[C-]#[O+].[C-]#[O+].[C-]#[O+].[Cr]. The van der Waals surface area contributed by atoms with E-state index in [0.717, 1.165) is 0 Å². The van der Waals surface area contributed by atoms with Crippen molar-refractivity contribution in [1.29, 1.82) is 0 Å². The fraction of sp³-hybridized carbons (Fsp3) is 0.303. The fourth-order valence-electron chi connectivity index (χ4n) is 6.46. The molecule has 1 atom stereocenters. The van der Waals surface area contributed by atoms with E-state index in [1.54, 1.807) is 0 Å². The quantitative estimate of drug-likeness (QED) is 0.155. The molecular weight excluding hydrogens is 538 g/mol. The van der Waals surface area contributed by atoms with Crippen molar-refractivity contribution in [1.82, 2.24) is 4.23 Å². The van der Waals surface area contributed by atoms with Gasteiger partial charge >= 0.3 is 33.9 Å². The first kappa shape index (κ1) is 36.9. The van der Waals surface area contributed by atoms with E-state index < -0.39 is 8.24 Å². The molecule has 4 rings (SSSR count). The van der Waals surface area contributed by atoms with Crippen LogP contribution in [0, 0.1) is 58.0 Å². The van der Waals surface area contributed by atoms with Crippen LogP contribution in [0.15, 0.2) is 60.8 Å². The van der Waals surface area contributed by atoms with Gasteiger partial charge in [-0.25, -0.2) is 0 Å². The van der Waals surface area contributed by atoms with Gasteiger partial charge in [0.25, 0.3) is 0 Å². The summed E-state index contributed by atoms with van der Waals surface area (Å²) in [5.74, 6) is 1.57. The fourth-order valence-corrected chi connectivity index (χ4v) is 13.1. The molecule has 1 fully saturated rings. The maximum absolute atomic E-state index is 7.50. The number of aromatic nitrogens is 1. The molecule has 3 aromatic rings. The topological polar surface area (TPSA) is 64.6 Å². The largest absolute Gasteiger partial charge is 0 e. The van der Waals surface area contributed by atoms with Crippen LogP contribution in [-0.4, -0.2) is 12.5 Å². The Morgan fingerprint density at radius 3 is 1.64 bits per heavy atom. The third kappa shape index (κ3) is 7.79. The van der Waals surface area contributed by atoms with Crippen molar-refractivity contribution in [3.63, 3.8) is 0 Å². The molecule has 39 heavy (non-hydrogen) atoms. The monoisotopic (exact) mass is 575 g/mol. The van der Waals surface area contributed by atoms with Gasteiger partial charge in [0.1, 0.15) is 0 Å². The van der Waals surface area contributed by atoms with Gasteiger partial charge in [-0.15, -0.1) is 0 Å². The molecule has 202 valence electrons. The van der Waals surface area contributed by atoms with E-state index in [-0.39, 0.29) is 23.3 Å². The average molecular weight is 576 g/mol. The van der Waals surface area contributed by atoms with Crippen molar-refractivity contribution in [3.8, 4) is 0 Å². The number of rotatable bonds is 7. The van der Waals surface area contributed by atoms with Gasteiger partial charge < -0.3 is 4.23 Å². The third-order valence-electron chi connectivity index (χ3n) is 7.54. The molecule has 6 heteroatoms. The van der Waals surface area contributed by atoms with Crippen molar-refractivity contribution in [2.24, 2.45) is 0 Å². The molecule has 1 unspecified atom stereocenters. The Hall–Kier alpha value is -2.05. The summed E-state index contributed by atoms with van der Waals surface area (Å²) in [5, 5.41) is 1.39. The zero-order valence-corrected chi connectivity index (χ0v) is 25.8. The summed E-state index contributed by atoms with van der Waals surface area (Å²) >= 11 is 0. The standard InChI is InChI=1S/C30H37NSi.3CO.Cr/c1-22(2)32(23(3)4,24(5)6)31-21-20-27-28(18-13-19-29(27)31)30(25-14-9-7-10-15-25)26-16-11-8-12-17-26;3*1-2;/h7-24,30H,1-6H3;;;;. The van der Waals surface area contributed by atoms with Gasteiger partial charge in [-0.05, 0) is 84.1 Å². The first-order valence-electron chi connectivity index (χ1n) is 12.7. The normalized spacial score (nSPS) is 14.1. The predicted molar refractivity (Wildman–Crippen MR) is 153 cm³/mol. The van der Waals surface area contributed by atoms with E-state index in [9.17, 15) is 0 Å². The minimum Gasteiger partial charge on any atom is 0 e. The average Bonchev–Trinajstić information content (AvgIpc) is 3.38. The first-order chi connectivity index (χ1) is 18.4. The van der Waals surface area contributed by atoms with Crippen LogP contribution in [0.5, 0.6) is 0 Å². The van der Waals surface area contributed by atoms with E-state index in [4.69, 9.17) is 14.0 Å². The summed E-state index contributed by atoms with van der Waals surface area (Å²) in [6.07, 6.45) is 13.4. The van der Waals surface area contributed by atoms with Crippen molar-refractivity contribution in [3.05, 3.63) is 130 Å². The van der Waals surface area contributed by atoms with E-state index in [1.807, 2.05) is 0 Å². The molecule has 0 N–H and O–H groups in total. The van der Waals surface area contributed by atoms with Crippen molar-refractivity contribution >= 4 is 19.1 Å². The Bertz CT molecular complexity index is 1120. The Kier molecular flexibility index (Phi) is 17.4. The van der Waals surface area contributed by atoms with Gasteiger partial charge in [0.2, 0.25) is 0 Å². The van der Waals surface area contributed by atoms with Gasteiger partial charge in [0.05, 0.1) is 0 Å². The molecule has 1 heterocycles. The zero-order chi connectivity index (χ0) is 28.9. The molecular formula is C33H37CrNO3Si. The van der Waals surface area contributed by atoms with Gasteiger partial charge in [0, 0.05) is 34.2 Å². The minimum atomic E-state index is -1.82. The Labute approximate surface area is 248 Å². The number of fused-ring (bicyclic) bond motifs is 1. The van der Waals surface area contributed by atoms with Gasteiger partial charge in [-0.2, -0.15) is 0 Å². The van der Waals surface area contributed by atoms with Gasteiger partial charge in [0.15, 0.2) is 8.24 Å². The maximum Gasteiger partial charge on any atom is 0 e. The number of benzene rings is 2. The van der Waals surface area contributed by atoms with Crippen molar-refractivity contribution in [2.75, 3.05) is 0 Å². The van der Waals surface area contributed by atoms with Crippen LogP contribution < -0.4 is 0 Å². The second kappa shape index (κ2) is 18.3. The molecule has 1 aliphatic carbocycles. The van der Waals surface area contributed by atoms with Gasteiger partial charge in [-0.1, -0.05) is 84.0 Å². The van der Waals surface area contributed by atoms with Crippen LogP contribution in [0.4, 0.5) is 0 Å². The molecule has 0 spiro atoms. The van der Waals surface area contributed by atoms with Crippen LogP contribution >= 0.6 is 0 Å². The number of hydrogen-bond acceptors (Lipinski definition) is 0. The molecule has 4 nitrogen and oxygen atoms in total.